The van der Waals surface area contributed by atoms with Gasteiger partial charge in [0.1, 0.15) is 0 Å². The van der Waals surface area contributed by atoms with Crippen LogP contribution in [0.4, 0.5) is 17.1 Å². The Labute approximate surface area is 153 Å². The third-order valence-electron chi connectivity index (χ3n) is 4.58. The molecule has 3 rings (SSSR count). The van der Waals surface area contributed by atoms with Crippen LogP contribution in [0.25, 0.3) is 0 Å². The fourth-order valence-corrected chi connectivity index (χ4v) is 3.27. The fourth-order valence-electron chi connectivity index (χ4n) is 3.05. The smallest absolute Gasteiger partial charge is 0.257 e. The lowest BCUT2D eigenvalue weighted by molar-refractivity contribution is 0.102. The molecule has 1 aliphatic rings. The number of benzene rings is 2. The van der Waals surface area contributed by atoms with Crippen LogP contribution in [0.3, 0.4) is 0 Å². The molecule has 1 amide bonds. The minimum absolute atomic E-state index is 0.259. The van der Waals surface area contributed by atoms with Crippen molar-refractivity contribution in [2.24, 2.45) is 0 Å². The van der Waals surface area contributed by atoms with Crippen molar-refractivity contribution in [2.45, 2.75) is 6.92 Å². The maximum absolute atomic E-state index is 12.5. The zero-order valence-corrected chi connectivity index (χ0v) is 15.3. The molecule has 1 saturated heterocycles. The largest absolute Gasteiger partial charge is 0.397 e. The minimum atomic E-state index is -0.259. The van der Waals surface area contributed by atoms with E-state index in [2.05, 4.69) is 22.2 Å². The van der Waals surface area contributed by atoms with Crippen molar-refractivity contribution in [2.75, 3.05) is 49.2 Å². The number of carbonyl (C=O) groups is 1. The van der Waals surface area contributed by atoms with Crippen molar-refractivity contribution >= 4 is 34.6 Å². The highest BCUT2D eigenvalue weighted by Gasteiger charge is 2.18. The summed E-state index contributed by atoms with van der Waals surface area (Å²) in [6.07, 6.45) is 0. The Morgan fingerprint density at radius 3 is 2.52 bits per heavy atom. The van der Waals surface area contributed by atoms with E-state index in [4.69, 9.17) is 17.3 Å². The highest BCUT2D eigenvalue weighted by atomic mass is 35.5. The Hall–Kier alpha value is -2.24. The number of aryl methyl sites for hydroxylation is 1. The van der Waals surface area contributed by atoms with Crippen LogP contribution in [-0.4, -0.2) is 44.0 Å². The molecular weight excluding hydrogens is 336 g/mol. The number of hydrogen-bond donors (Lipinski definition) is 2. The van der Waals surface area contributed by atoms with Crippen LogP contribution in [0.15, 0.2) is 36.4 Å². The first-order chi connectivity index (χ1) is 12.0. The number of nitrogens with one attached hydrogen (secondary N) is 1. The molecule has 0 spiro atoms. The summed E-state index contributed by atoms with van der Waals surface area (Å²) in [7, 11) is 2.13. The second-order valence-corrected chi connectivity index (χ2v) is 6.86. The van der Waals surface area contributed by atoms with Crippen molar-refractivity contribution < 1.29 is 4.79 Å². The van der Waals surface area contributed by atoms with Gasteiger partial charge in [0, 0.05) is 31.9 Å². The monoisotopic (exact) mass is 358 g/mol. The number of likely N-dealkylation sites (N-methyl/N-ethyl adjacent to an activating group) is 1. The number of nitrogens with two attached hydrogens (primary N) is 1. The van der Waals surface area contributed by atoms with Crippen LogP contribution in [0.1, 0.15) is 15.9 Å². The van der Waals surface area contributed by atoms with E-state index in [9.17, 15) is 4.79 Å². The van der Waals surface area contributed by atoms with Crippen molar-refractivity contribution in [3.63, 3.8) is 0 Å². The number of nitrogens with zero attached hydrogens (tertiary/aromatic N) is 2. The fraction of sp³-hybridized carbons (Fsp3) is 0.316. The standard InChI is InChI=1S/C19H23ClN4O/c1-13-11-16(21)17(12-18(13)24-9-7-23(2)8-10-24)22-19(25)14-5-3-4-6-15(14)20/h3-6,11-12H,7-10,21H2,1-2H3,(H,22,25). The molecule has 1 aliphatic heterocycles. The van der Waals surface area contributed by atoms with Crippen LogP contribution in [0.2, 0.25) is 5.02 Å². The summed E-state index contributed by atoms with van der Waals surface area (Å²) in [6.45, 7) is 6.00. The van der Waals surface area contributed by atoms with Crippen molar-refractivity contribution in [3.05, 3.63) is 52.5 Å². The average Bonchev–Trinajstić information content (AvgIpc) is 2.58. The first-order valence-electron chi connectivity index (χ1n) is 8.35. The molecule has 25 heavy (non-hydrogen) atoms. The molecule has 0 radical (unpaired) electrons. The van der Waals surface area contributed by atoms with Gasteiger partial charge in [-0.25, -0.2) is 0 Å². The van der Waals surface area contributed by atoms with E-state index in [0.29, 0.717) is 22.0 Å². The molecule has 1 heterocycles. The second-order valence-electron chi connectivity index (χ2n) is 6.45. The second kappa shape index (κ2) is 7.33. The zero-order valence-electron chi connectivity index (χ0n) is 14.6. The topological polar surface area (TPSA) is 61.6 Å². The maximum Gasteiger partial charge on any atom is 0.257 e. The van der Waals surface area contributed by atoms with Gasteiger partial charge in [-0.2, -0.15) is 0 Å². The number of hydrogen-bond acceptors (Lipinski definition) is 4. The van der Waals surface area contributed by atoms with Gasteiger partial charge in [-0.05, 0) is 43.8 Å². The third-order valence-corrected chi connectivity index (χ3v) is 4.91. The summed E-state index contributed by atoms with van der Waals surface area (Å²) in [5.74, 6) is -0.259. The first kappa shape index (κ1) is 17.6. The summed E-state index contributed by atoms with van der Waals surface area (Å²) in [4.78, 5) is 17.2. The van der Waals surface area contributed by atoms with Gasteiger partial charge in [0.25, 0.3) is 5.91 Å². The molecule has 5 nitrogen and oxygen atoms in total. The summed E-state index contributed by atoms with van der Waals surface area (Å²) >= 11 is 6.11. The lowest BCUT2D eigenvalue weighted by Gasteiger charge is -2.35. The van der Waals surface area contributed by atoms with E-state index in [0.717, 1.165) is 37.4 Å². The van der Waals surface area contributed by atoms with E-state index in [-0.39, 0.29) is 5.91 Å². The van der Waals surface area contributed by atoms with Crippen molar-refractivity contribution in [1.29, 1.82) is 0 Å². The number of anilines is 3. The predicted molar refractivity (Wildman–Crippen MR) is 105 cm³/mol. The van der Waals surface area contributed by atoms with Gasteiger partial charge in [-0.3, -0.25) is 4.79 Å². The molecule has 6 heteroatoms. The molecule has 1 fully saturated rings. The maximum atomic E-state index is 12.5. The first-order valence-corrected chi connectivity index (χ1v) is 8.73. The van der Waals surface area contributed by atoms with Gasteiger partial charge in [-0.1, -0.05) is 23.7 Å². The van der Waals surface area contributed by atoms with Crippen LogP contribution in [0, 0.1) is 6.92 Å². The van der Waals surface area contributed by atoms with Crippen molar-refractivity contribution in [3.8, 4) is 0 Å². The molecule has 0 atom stereocenters. The van der Waals surface area contributed by atoms with Gasteiger partial charge >= 0.3 is 0 Å². The Kier molecular flexibility index (Phi) is 5.16. The molecule has 2 aromatic rings. The Morgan fingerprint density at radius 1 is 1.16 bits per heavy atom. The summed E-state index contributed by atoms with van der Waals surface area (Å²) in [6, 6.07) is 10.9. The average molecular weight is 359 g/mol. The quantitative estimate of drug-likeness (QED) is 0.827. The highest BCUT2D eigenvalue weighted by molar-refractivity contribution is 6.34. The lowest BCUT2D eigenvalue weighted by Crippen LogP contribution is -2.44. The molecule has 0 aromatic heterocycles. The van der Waals surface area contributed by atoms with Gasteiger partial charge < -0.3 is 20.9 Å². The van der Waals surface area contributed by atoms with E-state index in [1.165, 1.54) is 0 Å². The normalized spacial score (nSPS) is 15.2. The van der Waals surface area contributed by atoms with Crippen molar-refractivity contribution in [1.82, 2.24) is 4.90 Å². The van der Waals surface area contributed by atoms with Gasteiger partial charge in [0.05, 0.1) is 22.0 Å². The summed E-state index contributed by atoms with van der Waals surface area (Å²) in [5.41, 5.74) is 9.95. The number of piperazine rings is 1. The van der Waals surface area contributed by atoms with Gasteiger partial charge in [0.2, 0.25) is 0 Å². The molecule has 2 aromatic carbocycles. The van der Waals surface area contributed by atoms with Crippen LogP contribution in [-0.2, 0) is 0 Å². The van der Waals surface area contributed by atoms with Gasteiger partial charge in [0.15, 0.2) is 0 Å². The Balaban J connectivity index is 1.85. The molecule has 0 unspecified atom stereocenters. The Bertz CT molecular complexity index is 785. The molecule has 0 aliphatic carbocycles. The number of carbonyl (C=O) groups excluding carboxylic acids is 1. The van der Waals surface area contributed by atoms with E-state index in [1.807, 2.05) is 19.1 Å². The predicted octanol–water partition coefficient (Wildman–Crippen LogP) is 3.23. The number of rotatable bonds is 3. The highest BCUT2D eigenvalue weighted by Crippen LogP contribution is 2.31. The molecule has 132 valence electrons. The van der Waals surface area contributed by atoms with E-state index < -0.39 is 0 Å². The van der Waals surface area contributed by atoms with E-state index in [1.54, 1.807) is 24.3 Å². The van der Waals surface area contributed by atoms with Crippen LogP contribution >= 0.6 is 11.6 Å². The number of amides is 1. The minimum Gasteiger partial charge on any atom is -0.397 e. The van der Waals surface area contributed by atoms with Crippen LogP contribution in [0.5, 0.6) is 0 Å². The molecular formula is C19H23ClN4O. The number of halogens is 1. The SMILES string of the molecule is Cc1cc(N)c(NC(=O)c2ccccc2Cl)cc1N1CCN(C)CC1. The molecule has 3 N–H and O–H groups in total. The summed E-state index contributed by atoms with van der Waals surface area (Å²) in [5, 5.41) is 3.32. The Morgan fingerprint density at radius 2 is 1.84 bits per heavy atom. The zero-order chi connectivity index (χ0) is 18.0. The van der Waals surface area contributed by atoms with E-state index >= 15 is 0 Å². The van der Waals surface area contributed by atoms with Gasteiger partial charge in [-0.15, -0.1) is 0 Å². The summed E-state index contributed by atoms with van der Waals surface area (Å²) < 4.78 is 0. The molecule has 0 saturated carbocycles. The lowest BCUT2D eigenvalue weighted by atomic mass is 10.1. The third kappa shape index (κ3) is 3.89. The number of nitrogen functional groups attached to an aromatic ring is 1. The molecule has 0 bridgehead atoms. The van der Waals surface area contributed by atoms with Crippen LogP contribution < -0.4 is 16.0 Å².